The summed E-state index contributed by atoms with van der Waals surface area (Å²) in [6.45, 7) is 2.36. The van der Waals surface area contributed by atoms with Gasteiger partial charge in [0.15, 0.2) is 0 Å². The van der Waals surface area contributed by atoms with Crippen LogP contribution in [-0.2, 0) is 16.6 Å². The monoisotopic (exact) mass is 634 g/mol. The molecule has 1 aliphatic heterocycles. The predicted octanol–water partition coefficient (Wildman–Crippen LogP) is 7.43. The maximum Gasteiger partial charge on any atom is 0.232 e. The van der Waals surface area contributed by atoms with Crippen molar-refractivity contribution in [1.29, 1.82) is 0 Å². The van der Waals surface area contributed by atoms with E-state index in [0.29, 0.717) is 68.5 Å². The second-order valence-electron chi connectivity index (χ2n) is 9.25. The minimum atomic E-state index is -3.61. The smallest absolute Gasteiger partial charge is 0.232 e. The van der Waals surface area contributed by atoms with Crippen LogP contribution in [0.5, 0.6) is 11.5 Å². The molecule has 4 aromatic rings. The lowest BCUT2D eigenvalue weighted by atomic mass is 10.2. The zero-order valence-electron chi connectivity index (χ0n) is 22.1. The highest BCUT2D eigenvalue weighted by atomic mass is 35.5. The van der Waals surface area contributed by atoms with Gasteiger partial charge in [0.25, 0.3) is 0 Å². The summed E-state index contributed by atoms with van der Waals surface area (Å²) in [7, 11) is -0.0688. The Labute approximate surface area is 251 Å². The molecule has 0 amide bonds. The van der Waals surface area contributed by atoms with E-state index in [9.17, 15) is 12.8 Å². The van der Waals surface area contributed by atoms with Crippen molar-refractivity contribution in [3.05, 3.63) is 77.3 Å². The van der Waals surface area contributed by atoms with Gasteiger partial charge in [-0.3, -0.25) is 4.72 Å². The molecule has 5 rings (SSSR count). The number of rotatable bonds is 12. The SMILES string of the molecule is CCOc1cc2ncnc(Nc3ccc(OCc4cccc(F)c4)c(Cl)c3)c2cc1NS(=O)(=O)CCC1CCSS1. The van der Waals surface area contributed by atoms with Gasteiger partial charge in [-0.15, -0.1) is 0 Å². The number of nitrogens with zero attached hydrogens (tertiary/aromatic N) is 2. The molecule has 216 valence electrons. The van der Waals surface area contributed by atoms with E-state index in [2.05, 4.69) is 20.0 Å². The van der Waals surface area contributed by atoms with Crippen molar-refractivity contribution in [3.8, 4) is 11.5 Å². The minimum Gasteiger partial charge on any atom is -0.492 e. The third-order valence-corrected chi connectivity index (χ3v) is 10.8. The van der Waals surface area contributed by atoms with Crippen LogP contribution in [0.3, 0.4) is 0 Å². The molecular formula is C28H28ClFN4O4S3. The van der Waals surface area contributed by atoms with Crippen molar-refractivity contribution in [2.24, 2.45) is 0 Å². The maximum atomic E-state index is 13.5. The molecule has 3 aromatic carbocycles. The zero-order chi connectivity index (χ0) is 28.8. The molecule has 8 nitrogen and oxygen atoms in total. The average Bonchev–Trinajstić information content (AvgIpc) is 3.46. The third kappa shape index (κ3) is 7.88. The van der Waals surface area contributed by atoms with Gasteiger partial charge >= 0.3 is 0 Å². The second-order valence-corrected chi connectivity index (χ2v) is 14.3. The van der Waals surface area contributed by atoms with Gasteiger partial charge in [0.1, 0.15) is 36.1 Å². The van der Waals surface area contributed by atoms with Crippen LogP contribution >= 0.6 is 33.2 Å². The molecule has 0 saturated carbocycles. The quantitative estimate of drug-likeness (QED) is 0.154. The van der Waals surface area contributed by atoms with Gasteiger partial charge in [0, 0.05) is 28.1 Å². The number of ether oxygens (including phenoxy) is 2. The molecular weight excluding hydrogens is 607 g/mol. The molecule has 0 spiro atoms. The largest absolute Gasteiger partial charge is 0.492 e. The van der Waals surface area contributed by atoms with Crippen molar-refractivity contribution < 1.29 is 22.3 Å². The first-order valence-electron chi connectivity index (χ1n) is 12.9. The number of fused-ring (bicyclic) bond motifs is 1. The molecule has 13 heteroatoms. The van der Waals surface area contributed by atoms with Crippen molar-refractivity contribution in [2.45, 2.75) is 31.6 Å². The predicted molar refractivity (Wildman–Crippen MR) is 167 cm³/mol. The van der Waals surface area contributed by atoms with Crippen LogP contribution in [0.2, 0.25) is 5.02 Å². The molecule has 41 heavy (non-hydrogen) atoms. The number of nitrogens with one attached hydrogen (secondary N) is 2. The van der Waals surface area contributed by atoms with Gasteiger partial charge in [0.05, 0.1) is 28.6 Å². The third-order valence-electron chi connectivity index (χ3n) is 6.22. The Morgan fingerprint density at radius 2 is 1.98 bits per heavy atom. The van der Waals surface area contributed by atoms with E-state index in [1.54, 1.807) is 64.1 Å². The minimum absolute atomic E-state index is 0.0252. The summed E-state index contributed by atoms with van der Waals surface area (Å²) in [5.74, 6) is 2.04. The molecule has 0 bridgehead atoms. The van der Waals surface area contributed by atoms with Gasteiger partial charge in [0.2, 0.25) is 10.0 Å². The van der Waals surface area contributed by atoms with Crippen molar-refractivity contribution >= 4 is 71.3 Å². The number of aromatic nitrogens is 2. The number of benzene rings is 3. The Kier molecular flexibility index (Phi) is 9.64. The fourth-order valence-electron chi connectivity index (χ4n) is 4.23. The van der Waals surface area contributed by atoms with Crippen LogP contribution in [0.15, 0.2) is 60.9 Å². The molecule has 1 fully saturated rings. The normalized spacial score (nSPS) is 15.1. The standard InChI is InChI=1S/C28H28ClFN4O4S3/c1-2-37-27-15-24-22(14-25(27)34-41(35,36)11-9-21-8-10-39-40-21)28(32-17-31-24)33-20-6-7-26(23(29)13-20)38-16-18-4-3-5-19(30)12-18/h3-7,12-15,17,21,34H,2,8-11,16H2,1H3,(H,31,32,33). The Balaban J connectivity index is 1.35. The topological polar surface area (TPSA) is 102 Å². The summed E-state index contributed by atoms with van der Waals surface area (Å²) in [6.07, 6.45) is 3.02. The molecule has 0 radical (unpaired) electrons. The highest BCUT2D eigenvalue weighted by molar-refractivity contribution is 8.77. The van der Waals surface area contributed by atoms with Crippen molar-refractivity contribution in [2.75, 3.05) is 28.2 Å². The fraction of sp³-hybridized carbons (Fsp3) is 0.286. The Morgan fingerprint density at radius 3 is 2.73 bits per heavy atom. The first kappa shape index (κ1) is 29.6. The first-order valence-corrected chi connectivity index (χ1v) is 17.3. The molecule has 2 N–H and O–H groups in total. The first-order chi connectivity index (χ1) is 19.8. The number of hydrogen-bond donors (Lipinski definition) is 2. The van der Waals surface area contributed by atoms with E-state index in [1.807, 2.05) is 6.92 Å². The lowest BCUT2D eigenvalue weighted by Gasteiger charge is -2.16. The van der Waals surface area contributed by atoms with E-state index < -0.39 is 10.0 Å². The maximum absolute atomic E-state index is 13.5. The van der Waals surface area contributed by atoms with E-state index >= 15 is 0 Å². The van der Waals surface area contributed by atoms with Gasteiger partial charge in [-0.05, 0) is 61.7 Å². The van der Waals surface area contributed by atoms with Crippen LogP contribution in [0.25, 0.3) is 10.9 Å². The van der Waals surface area contributed by atoms with Gasteiger partial charge in [-0.2, -0.15) is 0 Å². The van der Waals surface area contributed by atoms with E-state index in [0.717, 1.165) is 12.2 Å². The average molecular weight is 635 g/mol. The highest BCUT2D eigenvalue weighted by Crippen LogP contribution is 2.40. The number of halogens is 2. The summed E-state index contributed by atoms with van der Waals surface area (Å²) >= 11 is 6.47. The summed E-state index contributed by atoms with van der Waals surface area (Å²) in [6, 6.07) is 14.7. The Bertz CT molecular complexity index is 1640. The van der Waals surface area contributed by atoms with E-state index in [-0.39, 0.29) is 18.2 Å². The zero-order valence-corrected chi connectivity index (χ0v) is 25.3. The second kappa shape index (κ2) is 13.4. The van der Waals surface area contributed by atoms with Crippen molar-refractivity contribution in [3.63, 3.8) is 0 Å². The lowest BCUT2D eigenvalue weighted by Crippen LogP contribution is -2.19. The summed E-state index contributed by atoms with van der Waals surface area (Å²) in [5.41, 5.74) is 2.22. The lowest BCUT2D eigenvalue weighted by molar-refractivity contribution is 0.306. The highest BCUT2D eigenvalue weighted by Gasteiger charge is 2.22. The van der Waals surface area contributed by atoms with Crippen molar-refractivity contribution in [1.82, 2.24) is 9.97 Å². The van der Waals surface area contributed by atoms with Gasteiger partial charge in [-0.1, -0.05) is 45.3 Å². The Hall–Kier alpha value is -2.93. The molecule has 1 atom stereocenters. The van der Waals surface area contributed by atoms with E-state index in [4.69, 9.17) is 21.1 Å². The van der Waals surface area contributed by atoms with Crippen LogP contribution in [-0.4, -0.2) is 41.7 Å². The fourth-order valence-corrected chi connectivity index (χ4v) is 8.78. The van der Waals surface area contributed by atoms with Crippen LogP contribution < -0.4 is 19.5 Å². The summed E-state index contributed by atoms with van der Waals surface area (Å²) in [4.78, 5) is 8.74. The molecule has 1 saturated heterocycles. The van der Waals surface area contributed by atoms with Gasteiger partial charge in [-0.25, -0.2) is 22.8 Å². The molecule has 1 unspecified atom stereocenters. The summed E-state index contributed by atoms with van der Waals surface area (Å²) < 4.78 is 53.7. The van der Waals surface area contributed by atoms with E-state index in [1.165, 1.54) is 18.5 Å². The van der Waals surface area contributed by atoms with Crippen LogP contribution in [0.4, 0.5) is 21.6 Å². The van der Waals surface area contributed by atoms with Crippen LogP contribution in [0.1, 0.15) is 25.3 Å². The number of hydrogen-bond acceptors (Lipinski definition) is 9. The number of anilines is 3. The molecule has 1 aromatic heterocycles. The Morgan fingerprint density at radius 1 is 1.10 bits per heavy atom. The summed E-state index contributed by atoms with van der Waals surface area (Å²) in [5, 5.41) is 4.53. The number of sulfonamides is 1. The molecule has 2 heterocycles. The van der Waals surface area contributed by atoms with Crippen LogP contribution in [0, 0.1) is 5.82 Å². The molecule has 1 aliphatic rings. The molecule has 0 aliphatic carbocycles. The van der Waals surface area contributed by atoms with Gasteiger partial charge < -0.3 is 14.8 Å².